The van der Waals surface area contributed by atoms with E-state index in [2.05, 4.69) is 46.0 Å². The van der Waals surface area contributed by atoms with Crippen molar-refractivity contribution in [2.75, 3.05) is 5.32 Å². The van der Waals surface area contributed by atoms with Crippen LogP contribution in [-0.2, 0) is 4.79 Å². The summed E-state index contributed by atoms with van der Waals surface area (Å²) in [7, 11) is 0. The van der Waals surface area contributed by atoms with Gasteiger partial charge in [-0.25, -0.2) is 0 Å². The minimum absolute atomic E-state index is 0.140. The second-order valence-electron chi connectivity index (χ2n) is 7.16. The number of aryl methyl sites for hydroxylation is 1. The largest absolute Gasteiger partial charge is 0.481 e. The van der Waals surface area contributed by atoms with Crippen LogP contribution in [0, 0.1) is 6.92 Å². The number of nitrogens with one attached hydrogen (secondary N) is 1. The highest BCUT2D eigenvalue weighted by Crippen LogP contribution is 2.26. The van der Waals surface area contributed by atoms with Crippen LogP contribution >= 0.6 is 0 Å². The highest BCUT2D eigenvalue weighted by atomic mass is 16.5. The zero-order valence-corrected chi connectivity index (χ0v) is 16.1. The molecular formula is C22H29NO2. The van der Waals surface area contributed by atoms with Gasteiger partial charge in [0.15, 0.2) is 6.10 Å². The maximum Gasteiger partial charge on any atom is 0.265 e. The van der Waals surface area contributed by atoms with Crippen LogP contribution in [0.4, 0.5) is 5.69 Å². The van der Waals surface area contributed by atoms with Crippen molar-refractivity contribution in [3.05, 3.63) is 59.2 Å². The average Bonchev–Trinajstić information content (AvgIpc) is 2.54. The number of hydrogen-bond donors (Lipinski definition) is 1. The third-order valence-electron chi connectivity index (χ3n) is 4.39. The van der Waals surface area contributed by atoms with Gasteiger partial charge in [0.1, 0.15) is 5.75 Å². The molecule has 0 aromatic heterocycles. The lowest BCUT2D eigenvalue weighted by Crippen LogP contribution is -2.30. The molecule has 0 aliphatic rings. The van der Waals surface area contributed by atoms with Crippen LogP contribution in [0.15, 0.2) is 42.5 Å². The first kappa shape index (κ1) is 19.0. The zero-order chi connectivity index (χ0) is 18.6. The highest BCUT2D eigenvalue weighted by Gasteiger charge is 2.17. The second-order valence-corrected chi connectivity index (χ2v) is 7.16. The van der Waals surface area contributed by atoms with E-state index in [-0.39, 0.29) is 5.91 Å². The normalized spacial score (nSPS) is 12.3. The highest BCUT2D eigenvalue weighted by molar-refractivity contribution is 5.94. The lowest BCUT2D eigenvalue weighted by molar-refractivity contribution is -0.122. The van der Waals surface area contributed by atoms with E-state index in [0.717, 1.165) is 17.0 Å². The van der Waals surface area contributed by atoms with Gasteiger partial charge in [-0.3, -0.25) is 4.79 Å². The molecule has 0 fully saturated rings. The Morgan fingerprint density at radius 2 is 1.56 bits per heavy atom. The molecular weight excluding hydrogens is 310 g/mol. The number of benzene rings is 2. The first-order valence-corrected chi connectivity index (χ1v) is 8.96. The van der Waals surface area contributed by atoms with Crippen molar-refractivity contribution in [2.24, 2.45) is 0 Å². The van der Waals surface area contributed by atoms with Gasteiger partial charge < -0.3 is 10.1 Å². The van der Waals surface area contributed by atoms with Crippen molar-refractivity contribution in [3.8, 4) is 5.75 Å². The van der Waals surface area contributed by atoms with Gasteiger partial charge >= 0.3 is 0 Å². The van der Waals surface area contributed by atoms with Gasteiger partial charge in [0.2, 0.25) is 0 Å². The Hall–Kier alpha value is -2.29. The zero-order valence-electron chi connectivity index (χ0n) is 16.1. The molecule has 25 heavy (non-hydrogen) atoms. The molecule has 0 aliphatic carbocycles. The molecule has 1 atom stereocenters. The molecule has 2 rings (SSSR count). The molecule has 3 heteroatoms. The van der Waals surface area contributed by atoms with Gasteiger partial charge in [0.25, 0.3) is 5.91 Å². The van der Waals surface area contributed by atoms with Crippen LogP contribution in [-0.4, -0.2) is 12.0 Å². The van der Waals surface area contributed by atoms with Gasteiger partial charge in [-0.15, -0.1) is 0 Å². The fourth-order valence-electron chi connectivity index (χ4n) is 2.98. The number of ether oxygens (including phenoxy) is 1. The minimum atomic E-state index is -0.565. The summed E-state index contributed by atoms with van der Waals surface area (Å²) in [5, 5.41) is 2.99. The van der Waals surface area contributed by atoms with Crippen molar-refractivity contribution in [1.82, 2.24) is 0 Å². The predicted octanol–water partition coefficient (Wildman–Crippen LogP) is 5.65. The Kier molecular flexibility index (Phi) is 6.24. The monoisotopic (exact) mass is 339 g/mol. The summed E-state index contributed by atoms with van der Waals surface area (Å²) < 4.78 is 5.85. The number of rotatable bonds is 6. The summed E-state index contributed by atoms with van der Waals surface area (Å²) in [5.74, 6) is 1.40. The number of carbonyl (C=O) groups excluding carboxylic acids is 1. The van der Waals surface area contributed by atoms with E-state index in [1.165, 1.54) is 11.1 Å². The van der Waals surface area contributed by atoms with E-state index in [9.17, 15) is 4.79 Å². The van der Waals surface area contributed by atoms with Crippen LogP contribution in [0.5, 0.6) is 5.75 Å². The third-order valence-corrected chi connectivity index (χ3v) is 4.39. The summed E-state index contributed by atoms with van der Waals surface area (Å²) >= 11 is 0. The maximum atomic E-state index is 12.5. The molecule has 0 heterocycles. The fourth-order valence-corrected chi connectivity index (χ4v) is 2.98. The Bertz CT molecular complexity index is 735. The van der Waals surface area contributed by atoms with Crippen LogP contribution in [0.3, 0.4) is 0 Å². The lowest BCUT2D eigenvalue weighted by atomic mass is 9.98. The molecule has 0 bridgehead atoms. The SMILES string of the molecule is Cc1cc(OC(C)C(=O)Nc2ccccc2C(C)C)ccc1C(C)C. The number of carbonyl (C=O) groups is 1. The van der Waals surface area contributed by atoms with Crippen molar-refractivity contribution >= 4 is 11.6 Å². The van der Waals surface area contributed by atoms with E-state index in [4.69, 9.17) is 4.74 Å². The lowest BCUT2D eigenvalue weighted by Gasteiger charge is -2.19. The topological polar surface area (TPSA) is 38.3 Å². The Labute approximate surface area is 151 Å². The molecule has 3 nitrogen and oxygen atoms in total. The van der Waals surface area contributed by atoms with E-state index in [1.807, 2.05) is 36.4 Å². The molecule has 134 valence electrons. The van der Waals surface area contributed by atoms with Crippen LogP contribution in [0.1, 0.15) is 63.1 Å². The van der Waals surface area contributed by atoms with Crippen LogP contribution in [0.25, 0.3) is 0 Å². The number of anilines is 1. The molecule has 0 saturated carbocycles. The van der Waals surface area contributed by atoms with Crippen molar-refractivity contribution in [3.63, 3.8) is 0 Å². The van der Waals surface area contributed by atoms with Gasteiger partial charge in [-0.1, -0.05) is 52.0 Å². The first-order valence-electron chi connectivity index (χ1n) is 8.96. The Morgan fingerprint density at radius 3 is 2.16 bits per heavy atom. The Balaban J connectivity index is 2.07. The molecule has 1 unspecified atom stereocenters. The van der Waals surface area contributed by atoms with E-state index < -0.39 is 6.10 Å². The van der Waals surface area contributed by atoms with E-state index >= 15 is 0 Å². The second kappa shape index (κ2) is 8.19. The van der Waals surface area contributed by atoms with E-state index in [1.54, 1.807) is 6.92 Å². The molecule has 0 saturated heterocycles. The van der Waals surface area contributed by atoms with Gasteiger partial charge in [0, 0.05) is 5.69 Å². The summed E-state index contributed by atoms with van der Waals surface area (Å²) in [6, 6.07) is 13.9. The average molecular weight is 339 g/mol. The number of para-hydroxylation sites is 1. The van der Waals surface area contributed by atoms with Gasteiger partial charge in [-0.2, -0.15) is 0 Å². The first-order chi connectivity index (χ1) is 11.8. The molecule has 1 amide bonds. The van der Waals surface area contributed by atoms with Crippen LogP contribution in [0.2, 0.25) is 0 Å². The smallest absolute Gasteiger partial charge is 0.265 e. The van der Waals surface area contributed by atoms with E-state index in [0.29, 0.717) is 11.8 Å². The summed E-state index contributed by atoms with van der Waals surface area (Å²) in [5.41, 5.74) is 4.46. The van der Waals surface area contributed by atoms with Gasteiger partial charge in [0.05, 0.1) is 0 Å². The summed E-state index contributed by atoms with van der Waals surface area (Å²) in [6.45, 7) is 12.4. The molecule has 1 N–H and O–H groups in total. The standard InChI is InChI=1S/C22H29NO2/c1-14(2)19-12-11-18(13-16(19)5)25-17(6)22(24)23-21-10-8-7-9-20(21)15(3)4/h7-15,17H,1-6H3,(H,23,24). The quantitative estimate of drug-likeness (QED) is 0.739. The number of hydrogen-bond acceptors (Lipinski definition) is 2. The molecule has 2 aromatic rings. The minimum Gasteiger partial charge on any atom is -0.481 e. The number of amides is 1. The predicted molar refractivity (Wildman–Crippen MR) is 105 cm³/mol. The molecule has 0 radical (unpaired) electrons. The van der Waals surface area contributed by atoms with Crippen LogP contribution < -0.4 is 10.1 Å². The van der Waals surface area contributed by atoms with Crippen molar-refractivity contribution in [2.45, 2.75) is 59.5 Å². The maximum absolute atomic E-state index is 12.5. The fraction of sp³-hybridized carbons (Fsp3) is 0.409. The molecule has 2 aromatic carbocycles. The molecule has 0 aliphatic heterocycles. The molecule has 0 spiro atoms. The third kappa shape index (κ3) is 4.85. The summed E-state index contributed by atoms with van der Waals surface area (Å²) in [6.07, 6.45) is -0.565. The Morgan fingerprint density at radius 1 is 0.920 bits per heavy atom. The summed E-state index contributed by atoms with van der Waals surface area (Å²) in [4.78, 5) is 12.5. The van der Waals surface area contributed by atoms with Gasteiger partial charge in [-0.05, 0) is 60.6 Å². The van der Waals surface area contributed by atoms with Crippen molar-refractivity contribution in [1.29, 1.82) is 0 Å². The van der Waals surface area contributed by atoms with Crippen molar-refractivity contribution < 1.29 is 9.53 Å².